The van der Waals surface area contributed by atoms with Crippen LogP contribution in [0.4, 0.5) is 4.79 Å². The lowest BCUT2D eigenvalue weighted by molar-refractivity contribution is -0.148. The molecule has 0 unspecified atom stereocenters. The molecular weight excluding hydrogens is 414 g/mol. The Labute approximate surface area is 169 Å². The van der Waals surface area contributed by atoms with Gasteiger partial charge in [0.2, 0.25) is 0 Å². The highest BCUT2D eigenvalue weighted by Crippen LogP contribution is 2.39. The normalized spacial score (nSPS) is 16.3. The molecule has 0 bridgehead atoms. The lowest BCUT2D eigenvalue weighted by Gasteiger charge is -2.18. The third-order valence-electron chi connectivity index (χ3n) is 3.64. The highest BCUT2D eigenvalue weighted by molar-refractivity contribution is 8.18. The lowest BCUT2D eigenvalue weighted by atomic mass is 10.1. The molecule has 0 spiro atoms. The van der Waals surface area contributed by atoms with Crippen LogP contribution in [-0.2, 0) is 19.1 Å². The largest absolute Gasteiger partial charge is 0.493 e. The highest BCUT2D eigenvalue weighted by Gasteiger charge is 2.41. The number of ether oxygens (including phenoxy) is 3. The zero-order valence-corrected chi connectivity index (χ0v) is 16.6. The molecule has 1 heterocycles. The van der Waals surface area contributed by atoms with Gasteiger partial charge in [0, 0.05) is 0 Å². The number of carbonyl (C=O) groups is 4. The maximum Gasteiger partial charge on any atom is 0.341 e. The zero-order valence-electron chi connectivity index (χ0n) is 15.1. The fourth-order valence-electron chi connectivity index (χ4n) is 2.34. The van der Waals surface area contributed by atoms with Gasteiger partial charge in [0.1, 0.15) is 6.04 Å². The third-order valence-corrected chi connectivity index (χ3v) is 4.81. The van der Waals surface area contributed by atoms with Crippen molar-refractivity contribution in [1.29, 1.82) is 0 Å². The molecule has 1 saturated heterocycles. The van der Waals surface area contributed by atoms with E-state index in [2.05, 4.69) is 4.74 Å². The number of imide groups is 1. The molecule has 150 valence electrons. The smallest absolute Gasteiger partial charge is 0.341 e. The molecule has 9 nitrogen and oxygen atoms in total. The molecule has 1 aromatic carbocycles. The highest BCUT2D eigenvalue weighted by atomic mass is 35.5. The summed E-state index contributed by atoms with van der Waals surface area (Å²) in [4.78, 5) is 47.9. The van der Waals surface area contributed by atoms with Gasteiger partial charge in [-0.2, -0.15) is 0 Å². The van der Waals surface area contributed by atoms with Crippen LogP contribution in [0.5, 0.6) is 11.5 Å². The van der Waals surface area contributed by atoms with E-state index in [0.29, 0.717) is 17.3 Å². The van der Waals surface area contributed by atoms with E-state index in [-0.39, 0.29) is 21.4 Å². The number of hydrogen-bond acceptors (Lipinski definition) is 8. The van der Waals surface area contributed by atoms with Crippen molar-refractivity contribution in [2.24, 2.45) is 0 Å². The number of carboxylic acids is 1. The summed E-state index contributed by atoms with van der Waals surface area (Å²) in [5, 5.41) is 8.19. The van der Waals surface area contributed by atoms with Crippen LogP contribution < -0.4 is 9.47 Å². The van der Waals surface area contributed by atoms with Crippen LogP contribution in [0.3, 0.4) is 0 Å². The predicted molar refractivity (Wildman–Crippen MR) is 100 cm³/mol. The summed E-state index contributed by atoms with van der Waals surface area (Å²) in [6.45, 7) is 0.777. The summed E-state index contributed by atoms with van der Waals surface area (Å²) in [5.74, 6) is -2.35. The van der Waals surface area contributed by atoms with E-state index >= 15 is 0 Å². The predicted octanol–water partition coefficient (Wildman–Crippen LogP) is 2.41. The molecule has 0 radical (unpaired) electrons. The summed E-state index contributed by atoms with van der Waals surface area (Å²) in [6, 6.07) is 1.84. The second-order valence-electron chi connectivity index (χ2n) is 5.47. The van der Waals surface area contributed by atoms with Crippen LogP contribution in [0.25, 0.3) is 6.08 Å². The van der Waals surface area contributed by atoms with Gasteiger partial charge >= 0.3 is 11.9 Å². The topological polar surface area (TPSA) is 119 Å². The lowest BCUT2D eigenvalue weighted by Crippen LogP contribution is -2.42. The number of hydrogen-bond donors (Lipinski definition) is 1. The molecule has 0 aliphatic carbocycles. The zero-order chi connectivity index (χ0) is 21.0. The van der Waals surface area contributed by atoms with E-state index < -0.39 is 35.7 Å². The van der Waals surface area contributed by atoms with Crippen LogP contribution >= 0.6 is 23.4 Å². The minimum atomic E-state index is -1.18. The summed E-state index contributed by atoms with van der Waals surface area (Å²) < 4.78 is 14.8. The Morgan fingerprint density at radius 1 is 1.32 bits per heavy atom. The van der Waals surface area contributed by atoms with Gasteiger partial charge in [0.25, 0.3) is 11.1 Å². The number of carbonyl (C=O) groups excluding carboxylic acids is 3. The van der Waals surface area contributed by atoms with Crippen LogP contribution in [-0.4, -0.2) is 60.0 Å². The Hall–Kier alpha value is -2.72. The van der Waals surface area contributed by atoms with Gasteiger partial charge in [-0.05, 0) is 42.5 Å². The van der Waals surface area contributed by atoms with Crippen LogP contribution in [0, 0.1) is 0 Å². The number of amides is 2. The number of benzene rings is 1. The van der Waals surface area contributed by atoms with Crippen molar-refractivity contribution >= 4 is 52.5 Å². The van der Waals surface area contributed by atoms with E-state index in [1.165, 1.54) is 32.2 Å². The molecule has 2 amide bonds. The minimum absolute atomic E-state index is 0.0381. The third kappa shape index (κ3) is 4.57. The standard InChI is InChI=1S/C17H16ClNO8S/c1-8(16(23)26-3)19-15(22)12(28-17(19)24)6-9-4-10(18)14(11(5-9)25-2)27-7-13(20)21/h4-6,8H,7H2,1-3H3,(H,20,21)/b12-6+/t8-/m1/s1. The number of nitrogens with zero attached hydrogens (tertiary/aromatic N) is 1. The first-order valence-corrected chi connectivity index (χ1v) is 8.96. The second-order valence-corrected chi connectivity index (χ2v) is 6.87. The fourth-order valence-corrected chi connectivity index (χ4v) is 3.52. The van der Waals surface area contributed by atoms with Crippen molar-refractivity contribution < 1.29 is 38.5 Å². The van der Waals surface area contributed by atoms with Gasteiger partial charge in [-0.25, -0.2) is 9.59 Å². The van der Waals surface area contributed by atoms with Crippen LogP contribution in [0.2, 0.25) is 5.02 Å². The number of halogens is 1. The van der Waals surface area contributed by atoms with Gasteiger partial charge in [0.05, 0.1) is 24.1 Å². The van der Waals surface area contributed by atoms with E-state index in [9.17, 15) is 19.2 Å². The molecule has 0 saturated carbocycles. The maximum absolute atomic E-state index is 12.5. The second kappa shape index (κ2) is 8.98. The van der Waals surface area contributed by atoms with E-state index in [4.69, 9.17) is 26.2 Å². The summed E-state index contributed by atoms with van der Waals surface area (Å²) in [7, 11) is 2.50. The van der Waals surface area contributed by atoms with Gasteiger partial charge < -0.3 is 19.3 Å². The Morgan fingerprint density at radius 2 is 2.00 bits per heavy atom. The van der Waals surface area contributed by atoms with Crippen LogP contribution in [0.1, 0.15) is 12.5 Å². The molecule has 1 N–H and O–H groups in total. The summed E-state index contributed by atoms with van der Waals surface area (Å²) >= 11 is 6.80. The summed E-state index contributed by atoms with van der Waals surface area (Å²) in [5.41, 5.74) is 0.417. The molecule has 28 heavy (non-hydrogen) atoms. The van der Waals surface area contributed by atoms with Crippen molar-refractivity contribution in [2.45, 2.75) is 13.0 Å². The number of esters is 1. The summed E-state index contributed by atoms with van der Waals surface area (Å²) in [6.07, 6.45) is 1.41. The number of methoxy groups -OCH3 is 2. The quantitative estimate of drug-likeness (QED) is 0.514. The van der Waals surface area contributed by atoms with Crippen LogP contribution in [0.15, 0.2) is 17.0 Å². The number of carboxylic acid groups (broad SMARTS) is 1. The Kier molecular flexibility index (Phi) is 6.92. The van der Waals surface area contributed by atoms with Crippen molar-refractivity contribution in [3.05, 3.63) is 27.6 Å². The van der Waals surface area contributed by atoms with Gasteiger partial charge in [-0.1, -0.05) is 11.6 Å². The first kappa shape index (κ1) is 21.6. The van der Waals surface area contributed by atoms with Gasteiger partial charge in [-0.15, -0.1) is 0 Å². The molecule has 1 aliphatic rings. The Balaban J connectivity index is 2.33. The average Bonchev–Trinajstić information content (AvgIpc) is 2.92. The Bertz CT molecular complexity index is 869. The van der Waals surface area contributed by atoms with Crippen molar-refractivity contribution in [3.8, 4) is 11.5 Å². The molecule has 1 atom stereocenters. The monoisotopic (exact) mass is 429 g/mol. The maximum atomic E-state index is 12.5. The first-order chi connectivity index (χ1) is 13.2. The molecule has 2 rings (SSSR count). The number of aliphatic carboxylic acids is 1. The van der Waals surface area contributed by atoms with E-state index in [1.807, 2.05) is 0 Å². The van der Waals surface area contributed by atoms with Gasteiger partial charge in [0.15, 0.2) is 18.1 Å². The molecule has 0 aromatic heterocycles. The molecule has 1 aliphatic heterocycles. The van der Waals surface area contributed by atoms with Gasteiger partial charge in [-0.3, -0.25) is 14.5 Å². The SMILES string of the molecule is COC(=O)[C@@H](C)N1C(=O)S/C(=C/c2cc(Cl)c(OCC(=O)O)c(OC)c2)C1=O. The number of rotatable bonds is 7. The van der Waals surface area contributed by atoms with Crippen molar-refractivity contribution in [3.63, 3.8) is 0 Å². The van der Waals surface area contributed by atoms with E-state index in [0.717, 1.165) is 12.0 Å². The molecule has 1 aromatic rings. The Morgan fingerprint density at radius 3 is 2.57 bits per heavy atom. The molecule has 11 heteroatoms. The first-order valence-electron chi connectivity index (χ1n) is 7.76. The fraction of sp³-hybridized carbons (Fsp3) is 0.294. The minimum Gasteiger partial charge on any atom is -0.493 e. The van der Waals surface area contributed by atoms with Crippen molar-refractivity contribution in [1.82, 2.24) is 4.90 Å². The van der Waals surface area contributed by atoms with E-state index in [1.54, 1.807) is 0 Å². The van der Waals surface area contributed by atoms with Crippen molar-refractivity contribution in [2.75, 3.05) is 20.8 Å². The average molecular weight is 430 g/mol. The number of thioether (sulfide) groups is 1. The molecular formula is C17H16ClNO8S. The molecule has 1 fully saturated rings.